The van der Waals surface area contributed by atoms with E-state index in [2.05, 4.69) is 20.8 Å². The average molecular weight is 511 g/mol. The van der Waals surface area contributed by atoms with Gasteiger partial charge in [0.2, 0.25) is 11.1 Å². The fourth-order valence-corrected chi connectivity index (χ4v) is 6.89. The zero-order chi connectivity index (χ0) is 23.8. The van der Waals surface area contributed by atoms with Crippen molar-refractivity contribution in [2.75, 3.05) is 17.3 Å². The van der Waals surface area contributed by atoms with Crippen molar-refractivity contribution in [3.05, 3.63) is 41.6 Å². The van der Waals surface area contributed by atoms with Crippen LogP contribution in [0, 0.1) is 0 Å². The monoisotopic (exact) mass is 510 g/mol. The van der Waals surface area contributed by atoms with Crippen LogP contribution in [0.15, 0.2) is 51.7 Å². The van der Waals surface area contributed by atoms with Gasteiger partial charge in [0.15, 0.2) is 9.84 Å². The summed E-state index contributed by atoms with van der Waals surface area (Å²) in [5.41, 5.74) is 0.398. The predicted molar refractivity (Wildman–Crippen MR) is 118 cm³/mol. The van der Waals surface area contributed by atoms with Gasteiger partial charge in [-0.25, -0.2) is 17.9 Å². The van der Waals surface area contributed by atoms with E-state index >= 15 is 0 Å². The van der Waals surface area contributed by atoms with Gasteiger partial charge in [0.25, 0.3) is 5.91 Å². The number of tetrazole rings is 1. The van der Waals surface area contributed by atoms with Crippen LogP contribution in [0.25, 0.3) is 0 Å². The van der Waals surface area contributed by atoms with Crippen molar-refractivity contribution >= 4 is 51.1 Å². The highest BCUT2D eigenvalue weighted by atomic mass is 32.2. The fraction of sp³-hybridized carbons (Fsp3) is 0.333. The van der Waals surface area contributed by atoms with Crippen molar-refractivity contribution < 1.29 is 27.9 Å². The lowest BCUT2D eigenvalue weighted by Crippen LogP contribution is -2.70. The zero-order valence-corrected chi connectivity index (χ0v) is 19.6. The van der Waals surface area contributed by atoms with Crippen LogP contribution in [0.4, 0.5) is 0 Å². The number of benzene rings is 1. The number of thioether (sulfide) groups is 2. The Labute approximate surface area is 196 Å². The lowest BCUT2D eigenvalue weighted by atomic mass is 10.0. The molecule has 174 valence electrons. The first-order valence-electron chi connectivity index (χ1n) is 9.51. The Morgan fingerprint density at radius 1 is 1.30 bits per heavy atom. The van der Waals surface area contributed by atoms with Crippen LogP contribution in [0.1, 0.15) is 0 Å². The van der Waals surface area contributed by atoms with Gasteiger partial charge >= 0.3 is 5.97 Å². The molecule has 3 heterocycles. The second-order valence-electron chi connectivity index (χ2n) is 7.16. The van der Waals surface area contributed by atoms with Crippen LogP contribution in [0.3, 0.4) is 0 Å². The average Bonchev–Trinajstić information content (AvgIpc) is 3.20. The first-order valence-corrected chi connectivity index (χ1v) is 13.2. The number of sulfone groups is 1. The molecule has 0 spiro atoms. The van der Waals surface area contributed by atoms with Gasteiger partial charge in [-0.05, 0) is 28.1 Å². The number of carboxylic acid groups (broad SMARTS) is 1. The second-order valence-corrected chi connectivity index (χ2v) is 11.2. The Balaban J connectivity index is 1.44. The SMILES string of the molecule is Cn1nnnc1SCC1=C(C(=O)O)N2C(=O)C(NC(=O)CS(=O)(=O)c3ccccc3)C2SC1. The number of hydrogen-bond acceptors (Lipinski definition) is 10. The van der Waals surface area contributed by atoms with Gasteiger partial charge in [-0.15, -0.1) is 16.9 Å². The van der Waals surface area contributed by atoms with Crippen molar-refractivity contribution in [1.29, 1.82) is 0 Å². The molecule has 2 aliphatic rings. The summed E-state index contributed by atoms with van der Waals surface area (Å²) >= 11 is 2.54. The maximum Gasteiger partial charge on any atom is 0.352 e. The van der Waals surface area contributed by atoms with Gasteiger partial charge in [0.05, 0.1) is 4.90 Å². The molecule has 2 N–H and O–H groups in total. The number of carboxylic acids is 1. The number of amides is 2. The molecule has 2 unspecified atom stereocenters. The largest absolute Gasteiger partial charge is 0.477 e. The van der Waals surface area contributed by atoms with Gasteiger partial charge in [-0.1, -0.05) is 30.0 Å². The Kier molecular flexibility index (Phi) is 6.45. The van der Waals surface area contributed by atoms with Crippen molar-refractivity contribution in [1.82, 2.24) is 30.4 Å². The van der Waals surface area contributed by atoms with E-state index in [0.717, 1.165) is 4.90 Å². The number of nitrogens with one attached hydrogen (secondary N) is 1. The van der Waals surface area contributed by atoms with E-state index < -0.39 is 44.8 Å². The molecule has 2 atom stereocenters. The molecule has 1 aromatic heterocycles. The standard InChI is InChI=1S/C18H18N6O6S3/c1-23-18(20-21-22-23)32-8-10-7-31-16-13(15(26)24(16)14(10)17(27)28)19-12(25)9-33(29,30)11-5-3-2-4-6-11/h2-6,13,16H,7-9H2,1H3,(H,19,25)(H,27,28). The van der Waals surface area contributed by atoms with Crippen molar-refractivity contribution in [2.45, 2.75) is 21.5 Å². The molecule has 12 nitrogen and oxygen atoms in total. The van der Waals surface area contributed by atoms with Crippen LogP contribution >= 0.6 is 23.5 Å². The number of β-lactam (4-membered cyclic amide) rings is 1. The third kappa shape index (κ3) is 4.60. The van der Waals surface area contributed by atoms with E-state index in [1.165, 1.54) is 40.3 Å². The molecule has 33 heavy (non-hydrogen) atoms. The minimum Gasteiger partial charge on any atom is -0.477 e. The molecule has 2 aromatic rings. The number of aliphatic carboxylic acids is 1. The molecule has 2 amide bonds. The van der Waals surface area contributed by atoms with Gasteiger partial charge in [0.1, 0.15) is 22.9 Å². The first-order chi connectivity index (χ1) is 15.7. The first kappa shape index (κ1) is 23.3. The summed E-state index contributed by atoms with van der Waals surface area (Å²) in [6, 6.07) is 6.53. The minimum atomic E-state index is -3.87. The van der Waals surface area contributed by atoms with E-state index in [0.29, 0.717) is 16.5 Å². The molecule has 2 aliphatic heterocycles. The Hall–Kier alpha value is -2.91. The number of rotatable bonds is 8. The summed E-state index contributed by atoms with van der Waals surface area (Å²) in [6.07, 6.45) is 0. The van der Waals surface area contributed by atoms with Gasteiger partial charge < -0.3 is 10.4 Å². The number of fused-ring (bicyclic) bond motifs is 1. The molecular formula is C18H18N6O6S3. The molecule has 1 saturated heterocycles. The molecule has 1 fully saturated rings. The van der Waals surface area contributed by atoms with Crippen LogP contribution in [0.2, 0.25) is 0 Å². The summed E-state index contributed by atoms with van der Waals surface area (Å²) in [5, 5.41) is 23.1. The normalized spacial score (nSPS) is 20.3. The number of aryl methyl sites for hydroxylation is 1. The number of hydrogen-bond donors (Lipinski definition) is 2. The molecule has 1 aromatic carbocycles. The van der Waals surface area contributed by atoms with E-state index in [4.69, 9.17) is 0 Å². The van der Waals surface area contributed by atoms with Crippen LogP contribution in [-0.2, 0) is 31.3 Å². The summed E-state index contributed by atoms with van der Waals surface area (Å²) < 4.78 is 26.3. The molecule has 0 aliphatic carbocycles. The molecule has 0 radical (unpaired) electrons. The second kappa shape index (κ2) is 9.15. The summed E-state index contributed by atoms with van der Waals surface area (Å²) in [6.45, 7) is 0. The van der Waals surface area contributed by atoms with Gasteiger partial charge in [-0.2, -0.15) is 0 Å². The lowest BCUT2D eigenvalue weighted by Gasteiger charge is -2.49. The highest BCUT2D eigenvalue weighted by Crippen LogP contribution is 2.41. The Morgan fingerprint density at radius 3 is 2.67 bits per heavy atom. The summed E-state index contributed by atoms with van der Waals surface area (Å²) in [7, 11) is -2.21. The highest BCUT2D eigenvalue weighted by Gasteiger charge is 2.54. The topological polar surface area (TPSA) is 164 Å². The third-order valence-corrected chi connectivity index (χ3v) is 9.02. The number of aromatic nitrogens is 4. The third-order valence-electron chi connectivity index (χ3n) is 4.95. The van der Waals surface area contributed by atoms with Crippen LogP contribution in [-0.4, -0.2) is 85.1 Å². The number of carbonyl (C=O) groups is 3. The lowest BCUT2D eigenvalue weighted by molar-refractivity contribution is -0.150. The Morgan fingerprint density at radius 2 is 2.03 bits per heavy atom. The smallest absolute Gasteiger partial charge is 0.352 e. The van der Waals surface area contributed by atoms with E-state index in [1.54, 1.807) is 25.2 Å². The van der Waals surface area contributed by atoms with Crippen molar-refractivity contribution in [2.24, 2.45) is 7.05 Å². The number of carbonyl (C=O) groups excluding carboxylic acids is 2. The van der Waals surface area contributed by atoms with E-state index in [1.807, 2.05) is 0 Å². The predicted octanol–water partition coefficient (Wildman–Crippen LogP) is -0.485. The fourth-order valence-electron chi connectivity index (χ4n) is 3.39. The van der Waals surface area contributed by atoms with E-state index in [9.17, 15) is 27.9 Å². The van der Waals surface area contributed by atoms with Gasteiger partial charge in [0, 0.05) is 18.6 Å². The van der Waals surface area contributed by atoms with Gasteiger partial charge in [-0.3, -0.25) is 14.5 Å². The molecule has 0 bridgehead atoms. The highest BCUT2D eigenvalue weighted by molar-refractivity contribution is 8.01. The Bertz CT molecular complexity index is 1250. The maximum absolute atomic E-state index is 12.7. The summed E-state index contributed by atoms with van der Waals surface area (Å²) in [5.74, 6) is -2.90. The maximum atomic E-state index is 12.7. The molecular weight excluding hydrogens is 492 g/mol. The zero-order valence-electron chi connectivity index (χ0n) is 17.1. The van der Waals surface area contributed by atoms with Crippen molar-refractivity contribution in [3.63, 3.8) is 0 Å². The molecule has 15 heteroatoms. The quantitative estimate of drug-likeness (QED) is 0.348. The molecule has 4 rings (SSSR count). The minimum absolute atomic E-state index is 0.00473. The summed E-state index contributed by atoms with van der Waals surface area (Å²) in [4.78, 5) is 38.2. The molecule has 0 saturated carbocycles. The van der Waals surface area contributed by atoms with Crippen LogP contribution < -0.4 is 5.32 Å². The van der Waals surface area contributed by atoms with Crippen LogP contribution in [0.5, 0.6) is 0 Å². The van der Waals surface area contributed by atoms with E-state index in [-0.39, 0.29) is 16.3 Å². The van der Waals surface area contributed by atoms with Crippen molar-refractivity contribution in [3.8, 4) is 0 Å². The number of nitrogens with zero attached hydrogens (tertiary/aromatic N) is 5.